The van der Waals surface area contributed by atoms with Gasteiger partial charge < -0.3 is 9.88 Å². The number of pyridine rings is 1. The molecule has 0 radical (unpaired) electrons. The molecule has 0 spiro atoms. The van der Waals surface area contributed by atoms with E-state index >= 15 is 0 Å². The second kappa shape index (κ2) is 8.10. The third-order valence-corrected chi connectivity index (χ3v) is 5.11. The number of para-hydroxylation sites is 2. The topological polar surface area (TPSA) is 59.8 Å². The maximum atomic E-state index is 12.5. The van der Waals surface area contributed by atoms with Crippen molar-refractivity contribution in [2.24, 2.45) is 5.92 Å². The minimum atomic E-state index is -0.310. The van der Waals surface area contributed by atoms with Crippen LogP contribution in [0.3, 0.4) is 0 Å². The Morgan fingerprint density at radius 2 is 2.00 bits per heavy atom. The fourth-order valence-electron chi connectivity index (χ4n) is 2.57. The number of anilines is 1. The molecule has 1 amide bonds. The van der Waals surface area contributed by atoms with Crippen molar-refractivity contribution in [2.45, 2.75) is 37.7 Å². The van der Waals surface area contributed by atoms with Gasteiger partial charge in [-0.3, -0.25) is 4.79 Å². The van der Waals surface area contributed by atoms with Crippen LogP contribution in [0.4, 0.5) is 5.82 Å². The number of nitrogens with one attached hydrogen (secondary N) is 1. The summed E-state index contributed by atoms with van der Waals surface area (Å²) in [6.45, 7) is 7.07. The van der Waals surface area contributed by atoms with E-state index < -0.39 is 0 Å². The number of hydrogen-bond acceptors (Lipinski definition) is 4. The van der Waals surface area contributed by atoms with Crippen molar-refractivity contribution in [1.29, 1.82) is 0 Å². The molecule has 0 aliphatic carbocycles. The molecule has 3 aromatic rings. The summed E-state index contributed by atoms with van der Waals surface area (Å²) in [4.78, 5) is 21.3. The minimum absolute atomic E-state index is 0.118. The zero-order valence-corrected chi connectivity index (χ0v) is 16.5. The maximum absolute atomic E-state index is 12.5. The number of rotatable bonds is 6. The lowest BCUT2D eigenvalue weighted by molar-refractivity contribution is -0.115. The lowest BCUT2D eigenvalue weighted by atomic mass is 10.2. The summed E-state index contributed by atoms with van der Waals surface area (Å²) in [5.74, 6) is 0.852. The van der Waals surface area contributed by atoms with E-state index in [1.807, 2.05) is 25.1 Å². The second-order valence-corrected chi connectivity index (χ2v) is 8.24. The minimum Gasteiger partial charge on any atom is -0.319 e. The summed E-state index contributed by atoms with van der Waals surface area (Å²) < 4.78 is 2.19. The predicted octanol–water partition coefficient (Wildman–Crippen LogP) is 4.86. The highest BCUT2D eigenvalue weighted by atomic mass is 35.5. The first-order valence-electron chi connectivity index (χ1n) is 8.48. The van der Waals surface area contributed by atoms with Crippen LogP contribution >= 0.6 is 23.4 Å². The van der Waals surface area contributed by atoms with Crippen LogP contribution in [0.15, 0.2) is 47.8 Å². The number of carbonyl (C=O) groups is 1. The largest absolute Gasteiger partial charge is 0.319 e. The van der Waals surface area contributed by atoms with E-state index in [0.717, 1.165) is 22.7 Å². The first-order chi connectivity index (χ1) is 12.4. The van der Waals surface area contributed by atoms with Crippen LogP contribution in [-0.2, 0) is 11.3 Å². The summed E-state index contributed by atoms with van der Waals surface area (Å²) in [7, 11) is 0. The molecule has 1 aromatic carbocycles. The zero-order valence-electron chi connectivity index (χ0n) is 14.9. The Morgan fingerprint density at radius 3 is 2.69 bits per heavy atom. The van der Waals surface area contributed by atoms with Crippen LogP contribution < -0.4 is 5.32 Å². The average Bonchev–Trinajstić information content (AvgIpc) is 2.94. The van der Waals surface area contributed by atoms with Crippen LogP contribution in [0.5, 0.6) is 0 Å². The molecular weight excluding hydrogens is 368 g/mol. The number of hydrogen-bond donors (Lipinski definition) is 1. The number of benzene rings is 1. The molecule has 3 rings (SSSR count). The molecule has 0 fully saturated rings. The van der Waals surface area contributed by atoms with Crippen LogP contribution in [0, 0.1) is 5.92 Å². The molecular formula is C19H21ClN4OS. The summed E-state index contributed by atoms with van der Waals surface area (Å²) in [6, 6.07) is 11.4. The Hall–Kier alpha value is -2.05. The van der Waals surface area contributed by atoms with E-state index in [2.05, 4.69) is 34.8 Å². The molecule has 7 heteroatoms. The molecule has 1 N–H and O–H groups in total. The molecule has 2 aromatic heterocycles. The fraction of sp³-hybridized carbons (Fsp3) is 0.316. The van der Waals surface area contributed by atoms with Crippen LogP contribution in [0.1, 0.15) is 20.8 Å². The Morgan fingerprint density at radius 1 is 1.23 bits per heavy atom. The summed E-state index contributed by atoms with van der Waals surface area (Å²) in [5, 5.41) is 3.89. The van der Waals surface area contributed by atoms with Gasteiger partial charge in [0.15, 0.2) is 5.16 Å². The summed E-state index contributed by atoms with van der Waals surface area (Å²) in [5.41, 5.74) is 2.04. The molecule has 0 unspecified atom stereocenters. The standard InChI is InChI=1S/C19H21ClN4OS/c1-12(2)11-24-16-7-5-4-6-15(16)22-19(24)26-13(3)18(25)23-17-9-8-14(20)10-21-17/h4-10,12-13H,11H2,1-3H3,(H,21,23,25)/t13-/m0/s1. The van der Waals surface area contributed by atoms with Crippen LogP contribution in [0.2, 0.25) is 5.02 Å². The first kappa shape index (κ1) is 18.7. The average molecular weight is 389 g/mol. The van der Waals surface area contributed by atoms with Crippen molar-refractivity contribution in [1.82, 2.24) is 14.5 Å². The lowest BCUT2D eigenvalue weighted by Crippen LogP contribution is -2.23. The number of carbonyl (C=O) groups excluding carboxylic acids is 1. The van der Waals surface area contributed by atoms with Gasteiger partial charge in [0, 0.05) is 12.7 Å². The number of halogens is 1. The monoisotopic (exact) mass is 388 g/mol. The molecule has 0 saturated heterocycles. The van der Waals surface area contributed by atoms with Crippen molar-refractivity contribution in [2.75, 3.05) is 5.32 Å². The number of fused-ring (bicyclic) bond motifs is 1. The molecule has 2 heterocycles. The van der Waals surface area contributed by atoms with Gasteiger partial charge in [0.25, 0.3) is 0 Å². The number of amides is 1. The molecule has 0 saturated carbocycles. The summed E-state index contributed by atoms with van der Waals surface area (Å²) >= 11 is 7.28. The third-order valence-electron chi connectivity index (χ3n) is 3.80. The van der Waals surface area contributed by atoms with E-state index in [4.69, 9.17) is 16.6 Å². The second-order valence-electron chi connectivity index (χ2n) is 6.50. The molecule has 1 atom stereocenters. The number of thioether (sulfide) groups is 1. The van der Waals surface area contributed by atoms with Crippen molar-refractivity contribution in [3.63, 3.8) is 0 Å². The molecule has 26 heavy (non-hydrogen) atoms. The highest BCUT2D eigenvalue weighted by Gasteiger charge is 2.20. The Bertz CT molecular complexity index is 908. The Balaban J connectivity index is 1.78. The van der Waals surface area contributed by atoms with Gasteiger partial charge >= 0.3 is 0 Å². The smallest absolute Gasteiger partial charge is 0.238 e. The molecule has 136 valence electrons. The van der Waals surface area contributed by atoms with Gasteiger partial charge in [-0.1, -0.05) is 49.3 Å². The maximum Gasteiger partial charge on any atom is 0.238 e. The first-order valence-corrected chi connectivity index (χ1v) is 9.74. The normalized spacial score (nSPS) is 12.5. The van der Waals surface area contributed by atoms with Crippen LogP contribution in [-0.4, -0.2) is 25.7 Å². The zero-order chi connectivity index (χ0) is 18.7. The van der Waals surface area contributed by atoms with Gasteiger partial charge in [-0.2, -0.15) is 0 Å². The van der Waals surface area contributed by atoms with Gasteiger partial charge in [0.1, 0.15) is 5.82 Å². The number of imidazole rings is 1. The fourth-order valence-corrected chi connectivity index (χ4v) is 3.62. The van der Waals surface area contributed by atoms with E-state index in [9.17, 15) is 4.79 Å². The van der Waals surface area contributed by atoms with Crippen molar-refractivity contribution >= 4 is 46.1 Å². The molecule has 0 aliphatic heterocycles. The van der Waals surface area contributed by atoms with Gasteiger partial charge in [-0.05, 0) is 37.1 Å². The van der Waals surface area contributed by atoms with E-state index in [0.29, 0.717) is 16.8 Å². The van der Waals surface area contributed by atoms with Gasteiger partial charge in [-0.15, -0.1) is 0 Å². The van der Waals surface area contributed by atoms with Crippen molar-refractivity contribution < 1.29 is 4.79 Å². The van der Waals surface area contributed by atoms with E-state index in [1.165, 1.54) is 18.0 Å². The van der Waals surface area contributed by atoms with E-state index in [1.54, 1.807) is 12.1 Å². The Labute approximate surface area is 162 Å². The number of aromatic nitrogens is 3. The predicted molar refractivity (Wildman–Crippen MR) is 108 cm³/mol. The van der Waals surface area contributed by atoms with Crippen LogP contribution in [0.25, 0.3) is 11.0 Å². The number of nitrogens with zero attached hydrogens (tertiary/aromatic N) is 3. The van der Waals surface area contributed by atoms with E-state index in [-0.39, 0.29) is 11.2 Å². The van der Waals surface area contributed by atoms with Gasteiger partial charge in [0.05, 0.1) is 21.3 Å². The summed E-state index contributed by atoms with van der Waals surface area (Å²) in [6.07, 6.45) is 1.51. The Kier molecular flexibility index (Phi) is 5.84. The molecule has 5 nitrogen and oxygen atoms in total. The quantitative estimate of drug-likeness (QED) is 0.612. The van der Waals surface area contributed by atoms with Crippen molar-refractivity contribution in [3.05, 3.63) is 47.6 Å². The van der Waals surface area contributed by atoms with Gasteiger partial charge in [-0.25, -0.2) is 9.97 Å². The van der Waals surface area contributed by atoms with Gasteiger partial charge in [0.2, 0.25) is 5.91 Å². The highest BCUT2D eigenvalue weighted by molar-refractivity contribution is 8.00. The third kappa shape index (κ3) is 4.37. The van der Waals surface area contributed by atoms with Crippen molar-refractivity contribution in [3.8, 4) is 0 Å². The lowest BCUT2D eigenvalue weighted by Gasteiger charge is -2.14. The SMILES string of the molecule is CC(C)Cn1c(S[C@@H](C)C(=O)Nc2ccc(Cl)cn2)nc2ccccc21. The molecule has 0 aliphatic rings. The molecule has 0 bridgehead atoms. The highest BCUT2D eigenvalue weighted by Crippen LogP contribution is 2.28.